The first-order chi connectivity index (χ1) is 7.65. The number of hydrogen-bond acceptors (Lipinski definition) is 3. The lowest BCUT2D eigenvalue weighted by atomic mass is 10.1. The van der Waals surface area contributed by atoms with Crippen LogP contribution in [-0.4, -0.2) is 25.5 Å². The van der Waals surface area contributed by atoms with Crippen LogP contribution in [0.5, 0.6) is 0 Å². The summed E-state index contributed by atoms with van der Waals surface area (Å²) in [4.78, 5) is 11.4. The van der Waals surface area contributed by atoms with E-state index in [1.54, 1.807) is 14.0 Å². The summed E-state index contributed by atoms with van der Waals surface area (Å²) in [5.41, 5.74) is 1.17. The zero-order valence-electron chi connectivity index (χ0n) is 10.1. The third-order valence-corrected chi connectivity index (χ3v) is 2.57. The Hall–Kier alpha value is -1.19. The molecule has 3 heteroatoms. The van der Waals surface area contributed by atoms with Crippen LogP contribution in [0.4, 0.5) is 0 Å². The van der Waals surface area contributed by atoms with Crippen molar-refractivity contribution < 1.29 is 9.53 Å². The van der Waals surface area contributed by atoms with Gasteiger partial charge in [-0.2, -0.15) is 0 Å². The van der Waals surface area contributed by atoms with Gasteiger partial charge in [-0.15, -0.1) is 0 Å². The van der Waals surface area contributed by atoms with Gasteiger partial charge in [0.25, 0.3) is 0 Å². The molecule has 0 heterocycles. The fourth-order valence-corrected chi connectivity index (χ4v) is 1.59. The monoisotopic (exact) mass is 221 g/mol. The van der Waals surface area contributed by atoms with Crippen molar-refractivity contribution in [1.82, 2.24) is 5.32 Å². The largest absolute Gasteiger partial charge is 0.383 e. The summed E-state index contributed by atoms with van der Waals surface area (Å²) in [6.07, 6.45) is 0. The number of carbonyl (C=O) groups excluding carboxylic acids is 1. The molecule has 1 N–H and O–H groups in total. The van der Waals surface area contributed by atoms with E-state index < -0.39 is 0 Å². The third-order valence-electron chi connectivity index (χ3n) is 2.57. The van der Waals surface area contributed by atoms with Gasteiger partial charge in [0.05, 0.1) is 12.6 Å². The van der Waals surface area contributed by atoms with Gasteiger partial charge in [-0.25, -0.2) is 0 Å². The van der Waals surface area contributed by atoms with Gasteiger partial charge in [-0.3, -0.25) is 10.1 Å². The second-order valence-corrected chi connectivity index (χ2v) is 3.92. The van der Waals surface area contributed by atoms with Crippen molar-refractivity contribution >= 4 is 5.78 Å². The van der Waals surface area contributed by atoms with Crippen molar-refractivity contribution in [1.29, 1.82) is 0 Å². The van der Waals surface area contributed by atoms with Gasteiger partial charge in [0.1, 0.15) is 5.78 Å². The van der Waals surface area contributed by atoms with E-state index in [1.807, 2.05) is 37.3 Å². The molecule has 0 aliphatic heterocycles. The molecule has 0 aliphatic carbocycles. The Balaban J connectivity index is 2.61. The minimum Gasteiger partial charge on any atom is -0.383 e. The normalized spacial score (nSPS) is 14.4. The van der Waals surface area contributed by atoms with E-state index in [9.17, 15) is 4.79 Å². The molecule has 1 aromatic rings. The number of ether oxygens (including phenoxy) is 1. The topological polar surface area (TPSA) is 38.3 Å². The van der Waals surface area contributed by atoms with E-state index in [4.69, 9.17) is 4.74 Å². The molecule has 0 aliphatic rings. The highest BCUT2D eigenvalue weighted by molar-refractivity contribution is 5.81. The molecule has 0 amide bonds. The number of hydrogen-bond donors (Lipinski definition) is 1. The van der Waals surface area contributed by atoms with Crippen molar-refractivity contribution in [3.05, 3.63) is 35.9 Å². The van der Waals surface area contributed by atoms with Gasteiger partial charge >= 0.3 is 0 Å². The Morgan fingerprint density at radius 1 is 1.38 bits per heavy atom. The van der Waals surface area contributed by atoms with Gasteiger partial charge < -0.3 is 4.74 Å². The number of ketones is 1. The second-order valence-electron chi connectivity index (χ2n) is 3.92. The number of methoxy groups -OCH3 is 1. The molecule has 0 saturated carbocycles. The van der Waals surface area contributed by atoms with Crippen LogP contribution in [0.1, 0.15) is 25.5 Å². The van der Waals surface area contributed by atoms with E-state index in [0.29, 0.717) is 6.61 Å². The van der Waals surface area contributed by atoms with Crippen molar-refractivity contribution in [2.45, 2.75) is 25.9 Å². The van der Waals surface area contributed by atoms with Crippen LogP contribution >= 0.6 is 0 Å². The molecule has 88 valence electrons. The Labute approximate surface area is 96.8 Å². The number of carbonyl (C=O) groups is 1. The van der Waals surface area contributed by atoms with Gasteiger partial charge in [0.2, 0.25) is 0 Å². The average Bonchev–Trinajstić information content (AvgIpc) is 2.29. The van der Waals surface area contributed by atoms with Crippen molar-refractivity contribution in [2.24, 2.45) is 0 Å². The molecule has 16 heavy (non-hydrogen) atoms. The van der Waals surface area contributed by atoms with E-state index in [2.05, 4.69) is 5.32 Å². The molecule has 0 aromatic heterocycles. The maximum Gasteiger partial charge on any atom is 0.149 e. The van der Waals surface area contributed by atoms with E-state index in [0.717, 1.165) is 0 Å². The smallest absolute Gasteiger partial charge is 0.149 e. The zero-order chi connectivity index (χ0) is 12.0. The minimum atomic E-state index is -0.236. The van der Waals surface area contributed by atoms with Gasteiger partial charge in [0, 0.05) is 13.2 Å². The van der Waals surface area contributed by atoms with Crippen LogP contribution in [0.25, 0.3) is 0 Å². The molecular weight excluding hydrogens is 202 g/mol. The molecular formula is C13H19NO2. The number of benzene rings is 1. The molecule has 2 atom stereocenters. The summed E-state index contributed by atoms with van der Waals surface area (Å²) in [6, 6.07) is 9.96. The quantitative estimate of drug-likeness (QED) is 0.797. The van der Waals surface area contributed by atoms with Crippen molar-refractivity contribution in [2.75, 3.05) is 13.7 Å². The van der Waals surface area contributed by atoms with Crippen LogP contribution in [-0.2, 0) is 9.53 Å². The molecule has 1 rings (SSSR count). The summed E-state index contributed by atoms with van der Waals surface area (Å²) in [7, 11) is 1.60. The standard InChI is InChI=1S/C13H19NO2/c1-10(12-7-5-4-6-8-12)14-13(9-16-3)11(2)15/h4-8,10,13-14H,9H2,1-3H3/t10-,13-/m1/s1. The Morgan fingerprint density at radius 3 is 2.50 bits per heavy atom. The van der Waals surface area contributed by atoms with Gasteiger partial charge in [0.15, 0.2) is 0 Å². The van der Waals surface area contributed by atoms with Crippen LogP contribution in [0.2, 0.25) is 0 Å². The Morgan fingerprint density at radius 2 is 2.00 bits per heavy atom. The summed E-state index contributed by atoms with van der Waals surface area (Å²) < 4.78 is 5.02. The third kappa shape index (κ3) is 3.76. The van der Waals surface area contributed by atoms with E-state index >= 15 is 0 Å². The Bertz CT molecular complexity index is 324. The minimum absolute atomic E-state index is 0.102. The number of Topliss-reactive ketones (excluding diaryl/α,β-unsaturated/α-hetero) is 1. The van der Waals surface area contributed by atoms with Crippen molar-refractivity contribution in [3.63, 3.8) is 0 Å². The lowest BCUT2D eigenvalue weighted by molar-refractivity contribution is -0.120. The fraction of sp³-hybridized carbons (Fsp3) is 0.462. The summed E-state index contributed by atoms with van der Waals surface area (Å²) in [6.45, 7) is 4.03. The molecule has 0 radical (unpaired) electrons. The molecule has 0 spiro atoms. The van der Waals surface area contributed by atoms with Gasteiger partial charge in [-0.1, -0.05) is 30.3 Å². The van der Waals surface area contributed by atoms with Crippen LogP contribution in [0, 0.1) is 0 Å². The highest BCUT2D eigenvalue weighted by Gasteiger charge is 2.16. The van der Waals surface area contributed by atoms with Crippen molar-refractivity contribution in [3.8, 4) is 0 Å². The maximum atomic E-state index is 11.4. The Kier molecular flexibility index (Phi) is 5.15. The molecule has 0 unspecified atom stereocenters. The average molecular weight is 221 g/mol. The summed E-state index contributed by atoms with van der Waals surface area (Å²) >= 11 is 0. The zero-order valence-corrected chi connectivity index (χ0v) is 10.1. The fourth-order valence-electron chi connectivity index (χ4n) is 1.59. The highest BCUT2D eigenvalue weighted by atomic mass is 16.5. The predicted octanol–water partition coefficient (Wildman–Crippen LogP) is 1.94. The number of rotatable bonds is 6. The van der Waals surface area contributed by atoms with E-state index in [1.165, 1.54) is 5.56 Å². The SMILES string of the molecule is COC[C@@H](N[C@H](C)c1ccccc1)C(C)=O. The number of nitrogens with one attached hydrogen (secondary N) is 1. The second kappa shape index (κ2) is 6.40. The lowest BCUT2D eigenvalue weighted by Crippen LogP contribution is -2.40. The first-order valence-electron chi connectivity index (χ1n) is 5.45. The van der Waals surface area contributed by atoms with Crippen LogP contribution < -0.4 is 5.32 Å². The summed E-state index contributed by atoms with van der Waals surface area (Å²) in [5, 5.41) is 3.26. The molecule has 3 nitrogen and oxygen atoms in total. The maximum absolute atomic E-state index is 11.4. The predicted molar refractivity (Wildman–Crippen MR) is 64.3 cm³/mol. The van der Waals surface area contributed by atoms with E-state index in [-0.39, 0.29) is 17.9 Å². The molecule has 0 bridgehead atoms. The van der Waals surface area contributed by atoms with Gasteiger partial charge in [-0.05, 0) is 19.4 Å². The lowest BCUT2D eigenvalue weighted by Gasteiger charge is -2.21. The molecule has 0 fully saturated rings. The first kappa shape index (κ1) is 12.9. The summed E-state index contributed by atoms with van der Waals surface area (Å²) in [5.74, 6) is 0.102. The van der Waals surface area contributed by atoms with Crippen LogP contribution in [0.3, 0.4) is 0 Å². The first-order valence-corrected chi connectivity index (χ1v) is 5.45. The highest BCUT2D eigenvalue weighted by Crippen LogP contribution is 2.12. The van der Waals surface area contributed by atoms with Crippen LogP contribution in [0.15, 0.2) is 30.3 Å². The molecule has 0 saturated heterocycles. The molecule has 1 aromatic carbocycles.